The van der Waals surface area contributed by atoms with E-state index in [0.29, 0.717) is 0 Å². The quantitative estimate of drug-likeness (QED) is 0.896. The molecule has 0 heterocycles. The lowest BCUT2D eigenvalue weighted by Crippen LogP contribution is -2.37. The molecule has 0 radical (unpaired) electrons. The summed E-state index contributed by atoms with van der Waals surface area (Å²) in [4.78, 5) is 12.4. The van der Waals surface area contributed by atoms with Crippen LogP contribution in [-0.2, 0) is 4.79 Å². The highest BCUT2D eigenvalue weighted by Gasteiger charge is 2.18. The van der Waals surface area contributed by atoms with Gasteiger partial charge in [0.05, 0.1) is 6.04 Å². The van der Waals surface area contributed by atoms with E-state index in [2.05, 4.69) is 5.32 Å². The molecule has 122 valence electrons. The molecule has 2 aromatic carbocycles. The summed E-state index contributed by atoms with van der Waals surface area (Å²) < 4.78 is 5.83. The molecule has 0 aromatic heterocycles. The minimum Gasteiger partial charge on any atom is -0.481 e. The second-order valence-electron chi connectivity index (χ2n) is 6.17. The maximum atomic E-state index is 12.4. The summed E-state index contributed by atoms with van der Waals surface area (Å²) in [6.07, 6.45) is -0.539. The summed E-state index contributed by atoms with van der Waals surface area (Å²) in [7, 11) is 0. The number of amides is 1. The van der Waals surface area contributed by atoms with Crippen LogP contribution in [0, 0.1) is 20.8 Å². The van der Waals surface area contributed by atoms with Gasteiger partial charge in [-0.2, -0.15) is 0 Å². The van der Waals surface area contributed by atoms with Gasteiger partial charge in [0.2, 0.25) is 0 Å². The van der Waals surface area contributed by atoms with Crippen LogP contribution >= 0.6 is 0 Å². The van der Waals surface area contributed by atoms with Gasteiger partial charge in [0.1, 0.15) is 5.75 Å². The molecule has 0 aliphatic rings. The van der Waals surface area contributed by atoms with Gasteiger partial charge in [-0.05, 0) is 57.4 Å². The van der Waals surface area contributed by atoms with Gasteiger partial charge in [-0.15, -0.1) is 0 Å². The Morgan fingerprint density at radius 3 is 2.22 bits per heavy atom. The van der Waals surface area contributed by atoms with Gasteiger partial charge in [-0.25, -0.2) is 0 Å². The number of aryl methyl sites for hydroxylation is 3. The summed E-state index contributed by atoms with van der Waals surface area (Å²) in [5.41, 5.74) is 4.44. The molecule has 3 nitrogen and oxygen atoms in total. The van der Waals surface area contributed by atoms with Crippen molar-refractivity contribution in [2.45, 2.75) is 46.8 Å². The zero-order valence-electron chi connectivity index (χ0n) is 14.5. The van der Waals surface area contributed by atoms with Crippen LogP contribution in [0.3, 0.4) is 0 Å². The van der Waals surface area contributed by atoms with E-state index in [1.807, 2.05) is 70.2 Å². The van der Waals surface area contributed by atoms with E-state index < -0.39 is 6.10 Å². The lowest BCUT2D eigenvalue weighted by Gasteiger charge is -2.20. The van der Waals surface area contributed by atoms with Crippen LogP contribution in [0.4, 0.5) is 0 Å². The molecule has 0 fully saturated rings. The number of carbonyl (C=O) groups is 1. The second kappa shape index (κ2) is 7.32. The molecule has 2 atom stereocenters. The van der Waals surface area contributed by atoms with E-state index >= 15 is 0 Å². The van der Waals surface area contributed by atoms with Crippen molar-refractivity contribution < 1.29 is 9.53 Å². The molecule has 1 N–H and O–H groups in total. The zero-order chi connectivity index (χ0) is 17.0. The van der Waals surface area contributed by atoms with Gasteiger partial charge < -0.3 is 10.1 Å². The Balaban J connectivity index is 1.99. The van der Waals surface area contributed by atoms with Crippen LogP contribution in [0.15, 0.2) is 42.5 Å². The summed E-state index contributed by atoms with van der Waals surface area (Å²) >= 11 is 0. The van der Waals surface area contributed by atoms with Gasteiger partial charge >= 0.3 is 0 Å². The summed E-state index contributed by atoms with van der Waals surface area (Å²) in [6, 6.07) is 14.1. The first-order valence-corrected chi connectivity index (χ1v) is 7.97. The van der Waals surface area contributed by atoms with Gasteiger partial charge in [0, 0.05) is 0 Å². The van der Waals surface area contributed by atoms with Crippen LogP contribution in [0.2, 0.25) is 0 Å². The van der Waals surface area contributed by atoms with Crippen LogP contribution in [0.5, 0.6) is 5.75 Å². The fraction of sp³-hybridized carbons (Fsp3) is 0.350. The number of nitrogens with one attached hydrogen (secondary N) is 1. The topological polar surface area (TPSA) is 38.3 Å². The lowest BCUT2D eigenvalue weighted by molar-refractivity contribution is -0.127. The van der Waals surface area contributed by atoms with Crippen molar-refractivity contribution >= 4 is 5.91 Å². The molecule has 0 bridgehead atoms. The molecular formula is C20H25NO2. The SMILES string of the molecule is Cc1ccc([C@@H](C)NC(=O)[C@H](C)Oc2cc(C)ccc2C)cc1. The van der Waals surface area contributed by atoms with Crippen LogP contribution in [0.1, 0.15) is 42.1 Å². The van der Waals surface area contributed by atoms with Crippen LogP contribution in [-0.4, -0.2) is 12.0 Å². The Morgan fingerprint density at radius 1 is 0.957 bits per heavy atom. The molecule has 0 saturated carbocycles. The van der Waals surface area contributed by atoms with Crippen molar-refractivity contribution in [2.75, 3.05) is 0 Å². The predicted octanol–water partition coefficient (Wildman–Crippen LogP) is 4.26. The summed E-state index contributed by atoms with van der Waals surface area (Å²) in [5, 5.41) is 3.01. The largest absolute Gasteiger partial charge is 0.481 e. The molecule has 2 rings (SSSR count). The number of ether oxygens (including phenoxy) is 1. The van der Waals surface area contributed by atoms with Crippen molar-refractivity contribution in [3.8, 4) is 5.75 Å². The number of hydrogen-bond donors (Lipinski definition) is 1. The van der Waals surface area contributed by atoms with E-state index in [0.717, 1.165) is 22.4 Å². The van der Waals surface area contributed by atoms with Gasteiger partial charge in [-0.1, -0.05) is 42.0 Å². The third-order valence-corrected chi connectivity index (χ3v) is 3.95. The Kier molecular flexibility index (Phi) is 5.43. The van der Waals surface area contributed by atoms with E-state index in [4.69, 9.17) is 4.74 Å². The Labute approximate surface area is 138 Å². The average molecular weight is 311 g/mol. The molecule has 0 saturated heterocycles. The van der Waals surface area contributed by atoms with Crippen LogP contribution < -0.4 is 10.1 Å². The first kappa shape index (κ1) is 17.1. The molecule has 0 aliphatic heterocycles. The lowest BCUT2D eigenvalue weighted by atomic mass is 10.1. The zero-order valence-corrected chi connectivity index (χ0v) is 14.5. The third kappa shape index (κ3) is 4.59. The number of hydrogen-bond acceptors (Lipinski definition) is 2. The molecule has 1 amide bonds. The highest BCUT2D eigenvalue weighted by Crippen LogP contribution is 2.21. The van der Waals surface area contributed by atoms with Crippen LogP contribution in [0.25, 0.3) is 0 Å². The number of rotatable bonds is 5. The Hall–Kier alpha value is -2.29. The standard InChI is InChI=1S/C20H25NO2/c1-13-7-10-18(11-8-13)16(4)21-20(22)17(5)23-19-12-14(2)6-9-15(19)3/h6-12,16-17H,1-5H3,(H,21,22)/t16-,17+/m1/s1. The van der Waals surface area contributed by atoms with Crippen molar-refractivity contribution in [1.82, 2.24) is 5.32 Å². The summed E-state index contributed by atoms with van der Waals surface area (Å²) in [5.74, 6) is 0.648. The van der Waals surface area contributed by atoms with E-state index in [-0.39, 0.29) is 11.9 Å². The average Bonchev–Trinajstić information content (AvgIpc) is 2.51. The highest BCUT2D eigenvalue weighted by atomic mass is 16.5. The Bertz CT molecular complexity index is 677. The molecule has 3 heteroatoms. The minimum atomic E-state index is -0.539. The van der Waals surface area contributed by atoms with Gasteiger partial charge in [0.25, 0.3) is 5.91 Å². The third-order valence-electron chi connectivity index (χ3n) is 3.95. The molecule has 23 heavy (non-hydrogen) atoms. The van der Waals surface area contributed by atoms with Crippen molar-refractivity contribution in [1.29, 1.82) is 0 Å². The summed E-state index contributed by atoms with van der Waals surface area (Å²) in [6.45, 7) is 9.80. The fourth-order valence-electron chi connectivity index (χ4n) is 2.35. The molecule has 0 spiro atoms. The maximum Gasteiger partial charge on any atom is 0.261 e. The van der Waals surface area contributed by atoms with E-state index in [1.165, 1.54) is 5.56 Å². The first-order chi connectivity index (χ1) is 10.9. The van der Waals surface area contributed by atoms with E-state index in [1.54, 1.807) is 6.92 Å². The number of benzene rings is 2. The Morgan fingerprint density at radius 2 is 1.57 bits per heavy atom. The molecule has 2 aromatic rings. The number of carbonyl (C=O) groups excluding carboxylic acids is 1. The van der Waals surface area contributed by atoms with Crippen molar-refractivity contribution in [3.63, 3.8) is 0 Å². The smallest absolute Gasteiger partial charge is 0.261 e. The van der Waals surface area contributed by atoms with Gasteiger partial charge in [0.15, 0.2) is 6.10 Å². The highest BCUT2D eigenvalue weighted by molar-refractivity contribution is 5.81. The normalized spacial score (nSPS) is 13.3. The van der Waals surface area contributed by atoms with E-state index in [9.17, 15) is 4.79 Å². The molecule has 0 unspecified atom stereocenters. The van der Waals surface area contributed by atoms with Crippen molar-refractivity contribution in [2.24, 2.45) is 0 Å². The first-order valence-electron chi connectivity index (χ1n) is 7.97. The second-order valence-corrected chi connectivity index (χ2v) is 6.17. The maximum absolute atomic E-state index is 12.4. The minimum absolute atomic E-state index is 0.0484. The molecule has 0 aliphatic carbocycles. The molecular weight excluding hydrogens is 286 g/mol. The predicted molar refractivity (Wildman–Crippen MR) is 93.7 cm³/mol. The van der Waals surface area contributed by atoms with Gasteiger partial charge in [-0.3, -0.25) is 4.79 Å². The monoisotopic (exact) mass is 311 g/mol. The van der Waals surface area contributed by atoms with Crippen molar-refractivity contribution in [3.05, 3.63) is 64.7 Å². The fourth-order valence-corrected chi connectivity index (χ4v) is 2.35.